The predicted molar refractivity (Wildman–Crippen MR) is 43.9 cm³/mol. The average molecular weight is 142 g/mol. The molecule has 60 valence electrons. The van der Waals surface area contributed by atoms with Gasteiger partial charge in [-0.1, -0.05) is 6.42 Å². The van der Waals surface area contributed by atoms with E-state index in [2.05, 4.69) is 19.0 Å². The Morgan fingerprint density at radius 1 is 1.30 bits per heavy atom. The summed E-state index contributed by atoms with van der Waals surface area (Å²) in [6.07, 6.45) is 5.06. The second kappa shape index (κ2) is 3.35. The van der Waals surface area contributed by atoms with Gasteiger partial charge in [0.15, 0.2) is 0 Å². The number of hydrogen-bond donors (Lipinski definition) is 1. The summed E-state index contributed by atoms with van der Waals surface area (Å²) in [5, 5.41) is 0. The maximum Gasteiger partial charge on any atom is 0.0104 e. The van der Waals surface area contributed by atoms with Crippen LogP contribution >= 0.6 is 0 Å². The van der Waals surface area contributed by atoms with Gasteiger partial charge < -0.3 is 10.6 Å². The summed E-state index contributed by atoms with van der Waals surface area (Å²) >= 11 is 0. The summed E-state index contributed by atoms with van der Waals surface area (Å²) in [7, 11) is 4.28. The third kappa shape index (κ3) is 1.96. The zero-order chi connectivity index (χ0) is 7.56. The van der Waals surface area contributed by atoms with Gasteiger partial charge in [-0.3, -0.25) is 0 Å². The van der Waals surface area contributed by atoms with Crippen LogP contribution in [0.5, 0.6) is 0 Å². The summed E-state index contributed by atoms with van der Waals surface area (Å²) in [6.45, 7) is 0. The molecule has 2 unspecified atom stereocenters. The van der Waals surface area contributed by atoms with Gasteiger partial charge in [-0.05, 0) is 33.4 Å². The minimum absolute atomic E-state index is 0.459. The summed E-state index contributed by atoms with van der Waals surface area (Å²) in [5.74, 6) is 0. The van der Waals surface area contributed by atoms with Crippen LogP contribution in [0.25, 0.3) is 0 Å². The van der Waals surface area contributed by atoms with Gasteiger partial charge in [0.1, 0.15) is 0 Å². The Hall–Kier alpha value is -0.0800. The average Bonchev–Trinajstić information content (AvgIpc) is 1.88. The number of rotatable bonds is 1. The molecule has 2 nitrogen and oxygen atoms in total. The number of nitrogens with zero attached hydrogens (tertiary/aromatic N) is 1. The fourth-order valence-corrected chi connectivity index (χ4v) is 1.67. The summed E-state index contributed by atoms with van der Waals surface area (Å²) in [6, 6.07) is 1.20. The first-order valence-corrected chi connectivity index (χ1v) is 4.12. The van der Waals surface area contributed by atoms with E-state index < -0.39 is 0 Å². The third-order valence-corrected chi connectivity index (χ3v) is 2.42. The topological polar surface area (TPSA) is 29.3 Å². The highest BCUT2D eigenvalue weighted by Crippen LogP contribution is 2.19. The van der Waals surface area contributed by atoms with E-state index in [4.69, 9.17) is 5.73 Å². The smallest absolute Gasteiger partial charge is 0.0104 e. The Morgan fingerprint density at radius 2 is 2.00 bits per heavy atom. The minimum atomic E-state index is 0.459. The van der Waals surface area contributed by atoms with Crippen LogP contribution in [0.1, 0.15) is 25.7 Å². The van der Waals surface area contributed by atoms with E-state index in [9.17, 15) is 0 Å². The van der Waals surface area contributed by atoms with E-state index in [1.54, 1.807) is 0 Å². The Bertz CT molecular complexity index is 101. The van der Waals surface area contributed by atoms with Crippen molar-refractivity contribution in [2.45, 2.75) is 37.8 Å². The number of hydrogen-bond acceptors (Lipinski definition) is 2. The van der Waals surface area contributed by atoms with Crippen LogP contribution in [0.15, 0.2) is 0 Å². The predicted octanol–water partition coefficient (Wildman–Crippen LogP) is 0.818. The fourth-order valence-electron chi connectivity index (χ4n) is 1.67. The van der Waals surface area contributed by atoms with Crippen LogP contribution in [0, 0.1) is 0 Å². The molecule has 0 bridgehead atoms. The van der Waals surface area contributed by atoms with Crippen LogP contribution in [-0.4, -0.2) is 31.1 Å². The zero-order valence-electron chi connectivity index (χ0n) is 7.01. The Morgan fingerprint density at radius 3 is 2.40 bits per heavy atom. The maximum atomic E-state index is 5.84. The van der Waals surface area contributed by atoms with Gasteiger partial charge in [0.25, 0.3) is 0 Å². The van der Waals surface area contributed by atoms with Crippen molar-refractivity contribution in [1.29, 1.82) is 0 Å². The van der Waals surface area contributed by atoms with Crippen LogP contribution < -0.4 is 5.73 Å². The lowest BCUT2D eigenvalue weighted by Gasteiger charge is -2.31. The van der Waals surface area contributed by atoms with Crippen molar-refractivity contribution in [2.75, 3.05) is 14.1 Å². The lowest BCUT2D eigenvalue weighted by molar-refractivity contribution is 0.214. The van der Waals surface area contributed by atoms with Gasteiger partial charge in [-0.15, -0.1) is 0 Å². The van der Waals surface area contributed by atoms with Crippen LogP contribution in [0.2, 0.25) is 0 Å². The molecule has 1 saturated carbocycles. The largest absolute Gasteiger partial charge is 0.328 e. The van der Waals surface area contributed by atoms with Crippen molar-refractivity contribution in [2.24, 2.45) is 5.73 Å². The second-order valence-corrected chi connectivity index (χ2v) is 3.54. The van der Waals surface area contributed by atoms with Gasteiger partial charge in [0, 0.05) is 12.1 Å². The molecule has 1 fully saturated rings. The molecule has 0 spiro atoms. The molecule has 0 saturated heterocycles. The lowest BCUT2D eigenvalue weighted by atomic mass is 9.91. The number of nitrogens with two attached hydrogens (primary N) is 1. The monoisotopic (exact) mass is 142 g/mol. The molecule has 10 heavy (non-hydrogen) atoms. The standard InChI is InChI=1S/C8H18N2/c1-10(2)8-5-3-4-7(9)6-8/h7-8H,3-6,9H2,1-2H3. The Kier molecular flexibility index (Phi) is 2.69. The highest BCUT2D eigenvalue weighted by molar-refractivity contribution is 4.79. The van der Waals surface area contributed by atoms with Crippen molar-refractivity contribution >= 4 is 0 Å². The summed E-state index contributed by atoms with van der Waals surface area (Å²) in [4.78, 5) is 2.29. The van der Waals surface area contributed by atoms with Crippen LogP contribution in [0.4, 0.5) is 0 Å². The highest BCUT2D eigenvalue weighted by atomic mass is 15.1. The molecular formula is C8H18N2. The van der Waals surface area contributed by atoms with Gasteiger partial charge in [-0.25, -0.2) is 0 Å². The fraction of sp³-hybridized carbons (Fsp3) is 1.00. The molecule has 0 aromatic heterocycles. The second-order valence-electron chi connectivity index (χ2n) is 3.54. The molecule has 0 amide bonds. The summed E-state index contributed by atoms with van der Waals surface area (Å²) < 4.78 is 0. The van der Waals surface area contributed by atoms with E-state index >= 15 is 0 Å². The quantitative estimate of drug-likeness (QED) is 0.587. The molecule has 2 heteroatoms. The van der Waals surface area contributed by atoms with Crippen molar-refractivity contribution in [3.63, 3.8) is 0 Å². The van der Waals surface area contributed by atoms with Crippen molar-refractivity contribution in [1.82, 2.24) is 4.90 Å². The first-order valence-electron chi connectivity index (χ1n) is 4.12. The van der Waals surface area contributed by atoms with Crippen molar-refractivity contribution in [3.05, 3.63) is 0 Å². The van der Waals surface area contributed by atoms with Gasteiger partial charge in [-0.2, -0.15) is 0 Å². The molecular weight excluding hydrogens is 124 g/mol. The SMILES string of the molecule is CN(C)C1CCCC(N)C1. The molecule has 1 rings (SSSR count). The molecule has 0 radical (unpaired) electrons. The molecule has 0 aromatic carbocycles. The van der Waals surface area contributed by atoms with Crippen LogP contribution in [-0.2, 0) is 0 Å². The van der Waals surface area contributed by atoms with Gasteiger partial charge in [0.2, 0.25) is 0 Å². The highest BCUT2D eigenvalue weighted by Gasteiger charge is 2.19. The van der Waals surface area contributed by atoms with E-state index in [1.807, 2.05) is 0 Å². The molecule has 2 N–H and O–H groups in total. The zero-order valence-corrected chi connectivity index (χ0v) is 7.01. The minimum Gasteiger partial charge on any atom is -0.328 e. The molecule has 0 heterocycles. The molecule has 1 aliphatic carbocycles. The van der Waals surface area contributed by atoms with E-state index in [0.717, 1.165) is 6.04 Å². The van der Waals surface area contributed by atoms with Gasteiger partial charge in [0.05, 0.1) is 0 Å². The summed E-state index contributed by atoms with van der Waals surface area (Å²) in [5.41, 5.74) is 5.84. The Labute approximate surface area is 63.4 Å². The van der Waals surface area contributed by atoms with E-state index in [0.29, 0.717) is 6.04 Å². The first kappa shape index (κ1) is 8.02. The molecule has 1 aliphatic rings. The van der Waals surface area contributed by atoms with Gasteiger partial charge >= 0.3 is 0 Å². The first-order chi connectivity index (χ1) is 4.70. The van der Waals surface area contributed by atoms with Crippen molar-refractivity contribution < 1.29 is 0 Å². The molecule has 0 aromatic rings. The van der Waals surface area contributed by atoms with Crippen LogP contribution in [0.3, 0.4) is 0 Å². The Balaban J connectivity index is 2.32. The van der Waals surface area contributed by atoms with E-state index in [-0.39, 0.29) is 0 Å². The normalized spacial score (nSPS) is 34.8. The van der Waals surface area contributed by atoms with E-state index in [1.165, 1.54) is 25.7 Å². The maximum absolute atomic E-state index is 5.84. The molecule has 0 aliphatic heterocycles. The lowest BCUT2D eigenvalue weighted by Crippen LogP contribution is -2.38. The van der Waals surface area contributed by atoms with Crippen molar-refractivity contribution in [3.8, 4) is 0 Å². The third-order valence-electron chi connectivity index (χ3n) is 2.42. The molecule has 2 atom stereocenters.